The van der Waals surface area contributed by atoms with Crippen molar-refractivity contribution < 1.29 is 9.84 Å². The number of methoxy groups -OCH3 is 1. The first-order valence-electron chi connectivity index (χ1n) is 6.73. The van der Waals surface area contributed by atoms with E-state index in [0.29, 0.717) is 0 Å². The molecule has 0 aliphatic carbocycles. The fraction of sp³-hybridized carbons (Fsp3) is 0.294. The van der Waals surface area contributed by atoms with Gasteiger partial charge in [0.05, 0.1) is 13.2 Å². The summed E-state index contributed by atoms with van der Waals surface area (Å²) < 4.78 is 5.38. The van der Waals surface area contributed by atoms with Gasteiger partial charge in [0.1, 0.15) is 5.75 Å². The van der Waals surface area contributed by atoms with E-state index in [1.807, 2.05) is 49.5 Å². The van der Waals surface area contributed by atoms with Gasteiger partial charge in [-0.2, -0.15) is 0 Å². The lowest BCUT2D eigenvalue weighted by molar-refractivity contribution is 0.199. The van der Waals surface area contributed by atoms with Crippen molar-refractivity contribution in [1.29, 1.82) is 0 Å². The molecule has 0 amide bonds. The fourth-order valence-electron chi connectivity index (χ4n) is 2.36. The number of benzene rings is 2. The van der Waals surface area contributed by atoms with Gasteiger partial charge in [0.25, 0.3) is 0 Å². The second kappa shape index (κ2) is 6.44. The fourth-order valence-corrected chi connectivity index (χ4v) is 2.36. The van der Waals surface area contributed by atoms with Crippen LogP contribution in [0.4, 0.5) is 5.69 Å². The van der Waals surface area contributed by atoms with Gasteiger partial charge in [-0.15, -0.1) is 0 Å². The third-order valence-electron chi connectivity index (χ3n) is 3.40. The number of rotatable bonds is 5. The van der Waals surface area contributed by atoms with E-state index in [9.17, 15) is 5.11 Å². The van der Waals surface area contributed by atoms with Gasteiger partial charge in [0, 0.05) is 30.4 Å². The monoisotopic (exact) mass is 271 g/mol. The normalized spacial score (nSPS) is 12.0. The molecule has 0 bridgehead atoms. The van der Waals surface area contributed by atoms with Crippen LogP contribution < -0.4 is 9.64 Å². The van der Waals surface area contributed by atoms with E-state index in [1.54, 1.807) is 14.0 Å². The van der Waals surface area contributed by atoms with Crippen LogP contribution in [0.25, 0.3) is 0 Å². The zero-order valence-corrected chi connectivity index (χ0v) is 12.2. The highest BCUT2D eigenvalue weighted by molar-refractivity contribution is 5.54. The highest BCUT2D eigenvalue weighted by Crippen LogP contribution is 2.28. The Hall–Kier alpha value is -2.00. The molecule has 0 aliphatic rings. The van der Waals surface area contributed by atoms with Crippen molar-refractivity contribution in [3.63, 3.8) is 0 Å². The van der Waals surface area contributed by atoms with Crippen molar-refractivity contribution in [2.24, 2.45) is 0 Å². The quantitative estimate of drug-likeness (QED) is 0.905. The molecule has 0 spiro atoms. The molecular formula is C17H21NO2. The topological polar surface area (TPSA) is 32.7 Å². The number of anilines is 1. The molecule has 3 heteroatoms. The van der Waals surface area contributed by atoms with E-state index < -0.39 is 6.10 Å². The van der Waals surface area contributed by atoms with Gasteiger partial charge in [-0.1, -0.05) is 36.4 Å². The number of aliphatic hydroxyl groups is 1. The largest absolute Gasteiger partial charge is 0.496 e. The summed E-state index contributed by atoms with van der Waals surface area (Å²) >= 11 is 0. The van der Waals surface area contributed by atoms with Crippen molar-refractivity contribution in [3.05, 3.63) is 59.7 Å². The Morgan fingerprint density at radius 3 is 2.45 bits per heavy atom. The Bertz CT molecular complexity index is 566. The van der Waals surface area contributed by atoms with E-state index >= 15 is 0 Å². The number of nitrogens with zero attached hydrogens (tertiary/aromatic N) is 1. The van der Waals surface area contributed by atoms with Crippen molar-refractivity contribution >= 4 is 5.69 Å². The minimum absolute atomic E-state index is 0.480. The van der Waals surface area contributed by atoms with Gasteiger partial charge in [0.2, 0.25) is 0 Å². The minimum Gasteiger partial charge on any atom is -0.496 e. The van der Waals surface area contributed by atoms with Gasteiger partial charge in [-0.25, -0.2) is 0 Å². The van der Waals surface area contributed by atoms with Crippen LogP contribution in [0, 0.1) is 0 Å². The number of para-hydroxylation sites is 2. The molecule has 0 aromatic heterocycles. The molecule has 0 heterocycles. The van der Waals surface area contributed by atoms with Gasteiger partial charge < -0.3 is 14.7 Å². The summed E-state index contributed by atoms with van der Waals surface area (Å²) in [4.78, 5) is 2.12. The molecular weight excluding hydrogens is 250 g/mol. The average Bonchev–Trinajstić information content (AvgIpc) is 2.47. The summed E-state index contributed by atoms with van der Waals surface area (Å²) in [7, 11) is 3.70. The number of ether oxygens (including phenoxy) is 1. The van der Waals surface area contributed by atoms with E-state index in [2.05, 4.69) is 11.0 Å². The molecule has 3 nitrogen and oxygen atoms in total. The highest BCUT2D eigenvalue weighted by Gasteiger charge is 2.12. The maximum absolute atomic E-state index is 9.87. The first kappa shape index (κ1) is 14.4. The molecule has 2 rings (SSSR count). The van der Waals surface area contributed by atoms with Crippen LogP contribution in [0.1, 0.15) is 24.2 Å². The van der Waals surface area contributed by atoms with Crippen LogP contribution >= 0.6 is 0 Å². The Morgan fingerprint density at radius 1 is 1.10 bits per heavy atom. The smallest absolute Gasteiger partial charge is 0.123 e. The van der Waals surface area contributed by atoms with E-state index in [4.69, 9.17) is 4.74 Å². The summed E-state index contributed by atoms with van der Waals surface area (Å²) in [5.74, 6) is 0.883. The molecule has 1 N–H and O–H groups in total. The summed E-state index contributed by atoms with van der Waals surface area (Å²) in [5, 5.41) is 9.87. The highest BCUT2D eigenvalue weighted by atomic mass is 16.5. The van der Waals surface area contributed by atoms with Crippen LogP contribution in [-0.4, -0.2) is 19.3 Å². The molecule has 0 unspecified atom stereocenters. The predicted octanol–water partition coefficient (Wildman–Crippen LogP) is 3.38. The zero-order valence-electron chi connectivity index (χ0n) is 12.2. The molecule has 0 aliphatic heterocycles. The third-order valence-corrected chi connectivity index (χ3v) is 3.40. The van der Waals surface area contributed by atoms with Crippen LogP contribution in [-0.2, 0) is 6.54 Å². The Labute approximate surface area is 120 Å². The standard InChI is InChI=1S/C17H21NO2/c1-13(19)15-9-5-6-10-16(15)18(2)12-14-8-4-7-11-17(14)20-3/h4-11,13,19H,12H2,1-3H3/t13-/m1/s1. The molecule has 0 fully saturated rings. The van der Waals surface area contributed by atoms with Crippen LogP contribution in [0.2, 0.25) is 0 Å². The van der Waals surface area contributed by atoms with Gasteiger partial charge in [0.15, 0.2) is 0 Å². The Kier molecular flexibility index (Phi) is 4.64. The molecule has 2 aromatic rings. The molecule has 0 radical (unpaired) electrons. The predicted molar refractivity (Wildman–Crippen MR) is 82.2 cm³/mol. The molecule has 0 saturated heterocycles. The first-order valence-corrected chi connectivity index (χ1v) is 6.73. The maximum atomic E-state index is 9.87. The summed E-state index contributed by atoms with van der Waals surface area (Å²) in [5.41, 5.74) is 3.09. The van der Waals surface area contributed by atoms with Gasteiger partial charge in [-0.05, 0) is 19.1 Å². The van der Waals surface area contributed by atoms with Gasteiger partial charge >= 0.3 is 0 Å². The Morgan fingerprint density at radius 2 is 1.75 bits per heavy atom. The maximum Gasteiger partial charge on any atom is 0.123 e. The van der Waals surface area contributed by atoms with Crippen LogP contribution in [0.3, 0.4) is 0 Å². The molecule has 20 heavy (non-hydrogen) atoms. The van der Waals surface area contributed by atoms with Crippen LogP contribution in [0.5, 0.6) is 5.75 Å². The SMILES string of the molecule is COc1ccccc1CN(C)c1ccccc1[C@@H](C)O. The lowest BCUT2D eigenvalue weighted by atomic mass is 10.1. The second-order valence-corrected chi connectivity index (χ2v) is 4.90. The Balaban J connectivity index is 2.26. The molecule has 2 aromatic carbocycles. The third kappa shape index (κ3) is 3.11. The lowest BCUT2D eigenvalue weighted by Gasteiger charge is -2.24. The van der Waals surface area contributed by atoms with E-state index in [1.165, 1.54) is 0 Å². The number of hydrogen-bond acceptors (Lipinski definition) is 3. The summed E-state index contributed by atoms with van der Waals surface area (Å²) in [6, 6.07) is 15.9. The number of aliphatic hydroxyl groups excluding tert-OH is 1. The van der Waals surface area contributed by atoms with Crippen molar-refractivity contribution in [2.45, 2.75) is 19.6 Å². The number of hydrogen-bond donors (Lipinski definition) is 1. The van der Waals surface area contributed by atoms with Gasteiger partial charge in [-0.3, -0.25) is 0 Å². The summed E-state index contributed by atoms with van der Waals surface area (Å²) in [6.45, 7) is 2.52. The van der Waals surface area contributed by atoms with Crippen molar-refractivity contribution in [2.75, 3.05) is 19.1 Å². The van der Waals surface area contributed by atoms with E-state index in [0.717, 1.165) is 29.1 Å². The van der Waals surface area contributed by atoms with Crippen LogP contribution in [0.15, 0.2) is 48.5 Å². The van der Waals surface area contributed by atoms with Crippen molar-refractivity contribution in [3.8, 4) is 5.75 Å². The molecule has 106 valence electrons. The second-order valence-electron chi connectivity index (χ2n) is 4.90. The van der Waals surface area contributed by atoms with Crippen molar-refractivity contribution in [1.82, 2.24) is 0 Å². The average molecular weight is 271 g/mol. The minimum atomic E-state index is -0.480. The zero-order chi connectivity index (χ0) is 14.5. The lowest BCUT2D eigenvalue weighted by Crippen LogP contribution is -2.19. The first-order chi connectivity index (χ1) is 9.63. The molecule has 0 saturated carbocycles. The molecule has 1 atom stereocenters. The van der Waals surface area contributed by atoms with E-state index in [-0.39, 0.29) is 0 Å². The summed E-state index contributed by atoms with van der Waals surface area (Å²) in [6.07, 6.45) is -0.480.